The Balaban J connectivity index is 2.69. The summed E-state index contributed by atoms with van der Waals surface area (Å²) in [5.74, 6) is -1.66. The molecule has 2 rings (SSSR count). The summed E-state index contributed by atoms with van der Waals surface area (Å²) >= 11 is 0. The van der Waals surface area contributed by atoms with Crippen molar-refractivity contribution in [3.8, 4) is 5.82 Å². The van der Waals surface area contributed by atoms with Crippen molar-refractivity contribution in [2.24, 2.45) is 12.8 Å². The summed E-state index contributed by atoms with van der Waals surface area (Å²) < 4.78 is 2.56. The van der Waals surface area contributed by atoms with Crippen LogP contribution < -0.4 is 11.5 Å². The van der Waals surface area contributed by atoms with Crippen molar-refractivity contribution in [3.63, 3.8) is 0 Å². The number of aromatic nitrogens is 4. The van der Waals surface area contributed by atoms with E-state index >= 15 is 0 Å². The minimum absolute atomic E-state index is 0.0122. The largest absolute Gasteiger partial charge is 0.476 e. The summed E-state index contributed by atoms with van der Waals surface area (Å²) in [6.07, 6.45) is 1.30. The molecule has 0 fully saturated rings. The molecule has 0 saturated heterocycles. The molecule has 2 aromatic heterocycles. The van der Waals surface area contributed by atoms with Crippen LogP contribution in [0, 0.1) is 6.92 Å². The lowest BCUT2D eigenvalue weighted by molar-refractivity contribution is 0.0691. The van der Waals surface area contributed by atoms with E-state index in [1.165, 1.54) is 15.6 Å². The highest BCUT2D eigenvalue weighted by molar-refractivity contribution is 5.97. The summed E-state index contributed by atoms with van der Waals surface area (Å²) in [6, 6.07) is 0. The topological polar surface area (TPSA) is 142 Å². The zero-order chi connectivity index (χ0) is 14.3. The van der Waals surface area contributed by atoms with Crippen LogP contribution in [0.3, 0.4) is 0 Å². The van der Waals surface area contributed by atoms with E-state index in [1.54, 1.807) is 14.0 Å². The van der Waals surface area contributed by atoms with Gasteiger partial charge in [0.2, 0.25) is 0 Å². The van der Waals surface area contributed by atoms with E-state index in [-0.39, 0.29) is 22.8 Å². The molecule has 0 spiro atoms. The highest BCUT2D eigenvalue weighted by Crippen LogP contribution is 2.19. The molecule has 0 aliphatic rings. The van der Waals surface area contributed by atoms with Gasteiger partial charge >= 0.3 is 5.97 Å². The third kappa shape index (κ3) is 1.90. The lowest BCUT2D eigenvalue weighted by atomic mass is 10.2. The fraction of sp³-hybridized carbons (Fsp3) is 0.200. The number of hydrogen-bond donors (Lipinski definition) is 3. The van der Waals surface area contributed by atoms with E-state index in [2.05, 4.69) is 10.2 Å². The van der Waals surface area contributed by atoms with E-state index in [1.807, 2.05) is 0 Å². The third-order valence-electron chi connectivity index (χ3n) is 2.60. The highest BCUT2D eigenvalue weighted by atomic mass is 16.4. The average Bonchev–Trinajstić information content (AvgIpc) is 2.78. The van der Waals surface area contributed by atoms with Gasteiger partial charge in [-0.1, -0.05) is 0 Å². The molecule has 9 heteroatoms. The second-order valence-corrected chi connectivity index (χ2v) is 3.95. The molecule has 2 heterocycles. The molecule has 19 heavy (non-hydrogen) atoms. The summed E-state index contributed by atoms with van der Waals surface area (Å²) in [4.78, 5) is 22.3. The van der Waals surface area contributed by atoms with Gasteiger partial charge in [0.25, 0.3) is 5.91 Å². The van der Waals surface area contributed by atoms with Crippen LogP contribution in [0.4, 0.5) is 5.69 Å². The Bertz CT molecular complexity index is 684. The SMILES string of the molecule is Cc1nn(C)c(-n2cc(N)c(C(=O)O)n2)c1C(N)=O. The molecule has 2 aromatic rings. The predicted molar refractivity (Wildman–Crippen MR) is 65.0 cm³/mol. The molecule has 9 nitrogen and oxygen atoms in total. The van der Waals surface area contributed by atoms with Crippen LogP contribution >= 0.6 is 0 Å². The molecule has 0 saturated carbocycles. The fourth-order valence-corrected chi connectivity index (χ4v) is 1.86. The second-order valence-electron chi connectivity index (χ2n) is 3.95. The van der Waals surface area contributed by atoms with Gasteiger partial charge in [-0.05, 0) is 6.92 Å². The molecule has 0 radical (unpaired) electrons. The van der Waals surface area contributed by atoms with Crippen LogP contribution in [-0.4, -0.2) is 36.5 Å². The maximum absolute atomic E-state index is 11.4. The lowest BCUT2D eigenvalue weighted by Crippen LogP contribution is -2.16. The number of carboxylic acids is 1. The van der Waals surface area contributed by atoms with Gasteiger partial charge in [-0.3, -0.25) is 4.79 Å². The molecule has 0 aromatic carbocycles. The number of aromatic carboxylic acids is 1. The lowest BCUT2D eigenvalue weighted by Gasteiger charge is -2.03. The Kier molecular flexibility index (Phi) is 2.74. The number of anilines is 1. The molecule has 0 unspecified atom stereocenters. The number of hydrogen-bond acceptors (Lipinski definition) is 5. The second kappa shape index (κ2) is 4.12. The predicted octanol–water partition coefficient (Wildman–Crippen LogP) is -0.706. The fourth-order valence-electron chi connectivity index (χ4n) is 1.86. The van der Waals surface area contributed by atoms with E-state index < -0.39 is 11.9 Å². The van der Waals surface area contributed by atoms with Gasteiger partial charge in [0.15, 0.2) is 11.5 Å². The summed E-state index contributed by atoms with van der Waals surface area (Å²) in [6.45, 7) is 1.62. The molecule has 0 atom stereocenters. The Morgan fingerprint density at radius 1 is 1.37 bits per heavy atom. The van der Waals surface area contributed by atoms with Crippen LogP contribution in [0.2, 0.25) is 0 Å². The van der Waals surface area contributed by atoms with Crippen molar-refractivity contribution in [2.75, 3.05) is 5.73 Å². The molecule has 0 aliphatic carbocycles. The quantitative estimate of drug-likeness (QED) is 0.668. The van der Waals surface area contributed by atoms with Crippen molar-refractivity contribution in [3.05, 3.63) is 23.1 Å². The normalized spacial score (nSPS) is 10.6. The Morgan fingerprint density at radius 3 is 2.47 bits per heavy atom. The molecule has 100 valence electrons. The zero-order valence-corrected chi connectivity index (χ0v) is 10.3. The van der Waals surface area contributed by atoms with Gasteiger partial charge in [0, 0.05) is 7.05 Å². The van der Waals surface area contributed by atoms with Crippen LogP contribution in [0.5, 0.6) is 0 Å². The number of nitrogens with zero attached hydrogens (tertiary/aromatic N) is 4. The van der Waals surface area contributed by atoms with Crippen molar-refractivity contribution >= 4 is 17.6 Å². The Morgan fingerprint density at radius 2 is 2.00 bits per heavy atom. The summed E-state index contributed by atoms with van der Waals surface area (Å²) in [7, 11) is 1.59. The number of amides is 1. The van der Waals surface area contributed by atoms with Crippen LogP contribution in [-0.2, 0) is 7.05 Å². The number of carbonyl (C=O) groups excluding carboxylic acids is 1. The molecule has 0 aliphatic heterocycles. The van der Waals surface area contributed by atoms with E-state index in [0.717, 1.165) is 0 Å². The van der Waals surface area contributed by atoms with E-state index in [4.69, 9.17) is 16.6 Å². The number of aryl methyl sites for hydroxylation is 2. The first-order valence-corrected chi connectivity index (χ1v) is 5.25. The highest BCUT2D eigenvalue weighted by Gasteiger charge is 2.22. The molecular weight excluding hydrogens is 252 g/mol. The number of rotatable bonds is 3. The Labute approximate surface area is 107 Å². The first kappa shape index (κ1) is 12.6. The van der Waals surface area contributed by atoms with Gasteiger partial charge < -0.3 is 16.6 Å². The van der Waals surface area contributed by atoms with Crippen molar-refractivity contribution in [2.45, 2.75) is 6.92 Å². The summed E-state index contributed by atoms with van der Waals surface area (Å²) in [5, 5.41) is 16.8. The van der Waals surface area contributed by atoms with Gasteiger partial charge in [-0.15, -0.1) is 0 Å². The summed E-state index contributed by atoms with van der Waals surface area (Å²) in [5.41, 5.74) is 11.1. The number of nitrogen functional groups attached to an aromatic ring is 1. The maximum atomic E-state index is 11.4. The van der Waals surface area contributed by atoms with E-state index in [9.17, 15) is 9.59 Å². The van der Waals surface area contributed by atoms with Gasteiger partial charge in [0.05, 0.1) is 17.6 Å². The number of nitrogens with two attached hydrogens (primary N) is 2. The smallest absolute Gasteiger partial charge is 0.358 e. The maximum Gasteiger partial charge on any atom is 0.358 e. The minimum Gasteiger partial charge on any atom is -0.476 e. The van der Waals surface area contributed by atoms with Gasteiger partial charge in [0.1, 0.15) is 5.56 Å². The third-order valence-corrected chi connectivity index (χ3v) is 2.60. The van der Waals surface area contributed by atoms with Gasteiger partial charge in [-0.2, -0.15) is 10.2 Å². The number of carboxylic acid groups (broad SMARTS) is 1. The number of primary amides is 1. The number of carbonyl (C=O) groups is 2. The molecule has 1 amide bonds. The minimum atomic E-state index is -1.25. The average molecular weight is 264 g/mol. The first-order valence-electron chi connectivity index (χ1n) is 5.25. The zero-order valence-electron chi connectivity index (χ0n) is 10.3. The van der Waals surface area contributed by atoms with Crippen LogP contribution in [0.15, 0.2) is 6.20 Å². The van der Waals surface area contributed by atoms with Crippen molar-refractivity contribution in [1.82, 2.24) is 19.6 Å². The van der Waals surface area contributed by atoms with Crippen molar-refractivity contribution < 1.29 is 14.7 Å². The van der Waals surface area contributed by atoms with Crippen LogP contribution in [0.25, 0.3) is 5.82 Å². The monoisotopic (exact) mass is 264 g/mol. The molecule has 5 N–H and O–H groups in total. The molecule has 0 bridgehead atoms. The molecular formula is C10H12N6O3. The van der Waals surface area contributed by atoms with Crippen LogP contribution in [0.1, 0.15) is 26.5 Å². The van der Waals surface area contributed by atoms with E-state index in [0.29, 0.717) is 5.69 Å². The standard InChI is InChI=1S/C10H12N6O3/c1-4-6(8(12)17)9(15(2)13-4)16-3-5(11)7(14-16)10(18)19/h3H,11H2,1-2H3,(H2,12,17)(H,18,19). The van der Waals surface area contributed by atoms with Crippen molar-refractivity contribution in [1.29, 1.82) is 0 Å². The van der Waals surface area contributed by atoms with Gasteiger partial charge in [-0.25, -0.2) is 14.2 Å². The Hall–Kier alpha value is -2.84. The first-order chi connectivity index (χ1) is 8.82.